The molecule has 3 rings (SSSR count). The highest BCUT2D eigenvalue weighted by atomic mass is 79.9. The lowest BCUT2D eigenvalue weighted by Gasteiger charge is -2.34. The van der Waals surface area contributed by atoms with Crippen molar-refractivity contribution >= 4 is 39.1 Å². The van der Waals surface area contributed by atoms with Crippen LogP contribution < -0.4 is 5.32 Å². The van der Waals surface area contributed by atoms with Gasteiger partial charge in [0.15, 0.2) is 0 Å². The maximum absolute atomic E-state index is 12.3. The van der Waals surface area contributed by atoms with Crippen LogP contribution in [-0.2, 0) is 0 Å². The van der Waals surface area contributed by atoms with E-state index in [-0.39, 0.29) is 11.8 Å². The second-order valence-electron chi connectivity index (χ2n) is 5.91. The molecule has 1 saturated heterocycles. The summed E-state index contributed by atoms with van der Waals surface area (Å²) in [6.45, 7) is 4.53. The van der Waals surface area contributed by atoms with Gasteiger partial charge in [0.25, 0.3) is 11.8 Å². The molecule has 1 aromatic carbocycles. The Morgan fingerprint density at radius 1 is 1.12 bits per heavy atom. The number of nitrogens with one attached hydrogen (secondary N) is 1. The first kappa shape index (κ1) is 18.1. The van der Waals surface area contributed by atoms with Crippen molar-refractivity contribution in [3.63, 3.8) is 0 Å². The second-order valence-corrected chi connectivity index (χ2v) is 7.61. The lowest BCUT2D eigenvalue weighted by atomic mass is 10.2. The number of hydrogen-bond acceptors (Lipinski definition) is 4. The van der Waals surface area contributed by atoms with Crippen LogP contribution in [0.2, 0.25) is 0 Å². The van der Waals surface area contributed by atoms with Crippen LogP contribution in [0, 0.1) is 0 Å². The van der Waals surface area contributed by atoms with Gasteiger partial charge in [-0.1, -0.05) is 22.0 Å². The van der Waals surface area contributed by atoms with Crippen LogP contribution in [0.4, 0.5) is 0 Å². The van der Waals surface area contributed by atoms with Crippen LogP contribution in [0.5, 0.6) is 0 Å². The molecule has 1 N–H and O–H groups in total. The quantitative estimate of drug-likeness (QED) is 0.807. The number of halogens is 1. The molecule has 1 aliphatic heterocycles. The zero-order chi connectivity index (χ0) is 17.6. The standard InChI is InChI=1S/C18H20BrN3O2S/c19-16-3-1-2-14(12-16)17(23)20-5-6-21-7-9-22(10-8-21)18(24)15-4-11-25-13-15/h1-4,11-13H,5-10H2,(H,20,23). The lowest BCUT2D eigenvalue weighted by Crippen LogP contribution is -2.50. The summed E-state index contributed by atoms with van der Waals surface area (Å²) in [5.41, 5.74) is 1.43. The first-order chi connectivity index (χ1) is 12.1. The number of carbonyl (C=O) groups excluding carboxylic acids is 2. The van der Waals surface area contributed by atoms with E-state index in [1.807, 2.05) is 39.9 Å². The fourth-order valence-electron chi connectivity index (χ4n) is 2.80. The van der Waals surface area contributed by atoms with Gasteiger partial charge in [0, 0.05) is 54.7 Å². The van der Waals surface area contributed by atoms with Crippen LogP contribution in [0.1, 0.15) is 20.7 Å². The molecule has 5 nitrogen and oxygen atoms in total. The van der Waals surface area contributed by atoms with Gasteiger partial charge in [0.05, 0.1) is 5.56 Å². The Hall–Kier alpha value is -1.70. The Morgan fingerprint density at radius 3 is 2.60 bits per heavy atom. The fourth-order valence-corrected chi connectivity index (χ4v) is 3.83. The maximum atomic E-state index is 12.3. The van der Waals surface area contributed by atoms with Gasteiger partial charge in [0.2, 0.25) is 0 Å². The summed E-state index contributed by atoms with van der Waals surface area (Å²) >= 11 is 4.92. The number of hydrogen-bond donors (Lipinski definition) is 1. The predicted molar refractivity (Wildman–Crippen MR) is 103 cm³/mol. The molecule has 2 amide bonds. The van der Waals surface area contributed by atoms with Crippen molar-refractivity contribution in [2.45, 2.75) is 0 Å². The first-order valence-electron chi connectivity index (χ1n) is 8.21. The normalized spacial score (nSPS) is 15.2. The van der Waals surface area contributed by atoms with E-state index < -0.39 is 0 Å². The minimum atomic E-state index is -0.0624. The molecule has 1 fully saturated rings. The third-order valence-corrected chi connectivity index (χ3v) is 5.40. The molecule has 25 heavy (non-hydrogen) atoms. The molecule has 0 bridgehead atoms. The number of nitrogens with zero attached hydrogens (tertiary/aromatic N) is 2. The van der Waals surface area contributed by atoms with E-state index in [0.717, 1.165) is 42.8 Å². The van der Waals surface area contributed by atoms with Crippen molar-refractivity contribution in [1.82, 2.24) is 15.1 Å². The molecule has 0 saturated carbocycles. The van der Waals surface area contributed by atoms with Gasteiger partial charge in [-0.05, 0) is 29.6 Å². The minimum absolute atomic E-state index is 0.0624. The molecule has 0 spiro atoms. The van der Waals surface area contributed by atoms with Crippen molar-refractivity contribution in [3.05, 3.63) is 56.7 Å². The van der Waals surface area contributed by atoms with E-state index in [1.165, 1.54) is 0 Å². The van der Waals surface area contributed by atoms with Crippen LogP contribution in [0.15, 0.2) is 45.6 Å². The first-order valence-corrected chi connectivity index (χ1v) is 9.94. The number of piperazine rings is 1. The summed E-state index contributed by atoms with van der Waals surface area (Å²) in [6, 6.07) is 9.23. The monoisotopic (exact) mass is 421 g/mol. The summed E-state index contributed by atoms with van der Waals surface area (Å²) in [4.78, 5) is 28.6. The van der Waals surface area contributed by atoms with Crippen molar-refractivity contribution in [3.8, 4) is 0 Å². The highest BCUT2D eigenvalue weighted by Gasteiger charge is 2.22. The molecule has 0 atom stereocenters. The molecular formula is C18H20BrN3O2S. The van der Waals surface area contributed by atoms with Crippen molar-refractivity contribution < 1.29 is 9.59 Å². The van der Waals surface area contributed by atoms with E-state index >= 15 is 0 Å². The number of rotatable bonds is 5. The van der Waals surface area contributed by atoms with E-state index in [0.29, 0.717) is 12.1 Å². The van der Waals surface area contributed by atoms with Gasteiger partial charge in [-0.25, -0.2) is 0 Å². The molecule has 0 aliphatic carbocycles. The molecule has 0 radical (unpaired) electrons. The summed E-state index contributed by atoms with van der Waals surface area (Å²) in [7, 11) is 0. The van der Waals surface area contributed by atoms with Crippen molar-refractivity contribution in [2.75, 3.05) is 39.3 Å². The maximum Gasteiger partial charge on any atom is 0.254 e. The van der Waals surface area contributed by atoms with Crippen molar-refractivity contribution in [1.29, 1.82) is 0 Å². The fraction of sp³-hybridized carbons (Fsp3) is 0.333. The lowest BCUT2D eigenvalue weighted by molar-refractivity contribution is 0.0638. The Bertz CT molecular complexity index is 728. The summed E-state index contributed by atoms with van der Waals surface area (Å²) < 4.78 is 0.895. The smallest absolute Gasteiger partial charge is 0.254 e. The zero-order valence-corrected chi connectivity index (χ0v) is 16.2. The van der Waals surface area contributed by atoms with E-state index in [4.69, 9.17) is 0 Å². The molecular weight excluding hydrogens is 402 g/mol. The van der Waals surface area contributed by atoms with Crippen LogP contribution in [-0.4, -0.2) is 60.9 Å². The Morgan fingerprint density at radius 2 is 1.92 bits per heavy atom. The molecule has 1 aromatic heterocycles. The third kappa shape index (κ3) is 4.90. The van der Waals surface area contributed by atoms with E-state index in [1.54, 1.807) is 17.4 Å². The minimum Gasteiger partial charge on any atom is -0.351 e. The number of carbonyl (C=O) groups is 2. The van der Waals surface area contributed by atoms with Crippen molar-refractivity contribution in [2.24, 2.45) is 0 Å². The average Bonchev–Trinajstić information content (AvgIpc) is 3.16. The van der Waals surface area contributed by atoms with E-state index in [2.05, 4.69) is 26.1 Å². The topological polar surface area (TPSA) is 52.7 Å². The molecule has 2 heterocycles. The van der Waals surface area contributed by atoms with Gasteiger partial charge in [-0.3, -0.25) is 14.5 Å². The Balaban J connectivity index is 1.39. The van der Waals surface area contributed by atoms with Gasteiger partial charge < -0.3 is 10.2 Å². The number of benzene rings is 1. The highest BCUT2D eigenvalue weighted by molar-refractivity contribution is 9.10. The Kier molecular flexibility index (Phi) is 6.23. The predicted octanol–water partition coefficient (Wildman–Crippen LogP) is 2.70. The molecule has 132 valence electrons. The van der Waals surface area contributed by atoms with Crippen LogP contribution in [0.25, 0.3) is 0 Å². The summed E-state index contributed by atoms with van der Waals surface area (Å²) in [6.07, 6.45) is 0. The SMILES string of the molecule is O=C(NCCN1CCN(C(=O)c2ccsc2)CC1)c1cccc(Br)c1. The average molecular weight is 422 g/mol. The van der Waals surface area contributed by atoms with Gasteiger partial charge in [0.1, 0.15) is 0 Å². The molecule has 2 aromatic rings. The van der Waals surface area contributed by atoms with E-state index in [9.17, 15) is 9.59 Å². The van der Waals surface area contributed by atoms with Crippen LogP contribution in [0.3, 0.4) is 0 Å². The third-order valence-electron chi connectivity index (χ3n) is 4.23. The Labute approximate surface area is 159 Å². The summed E-state index contributed by atoms with van der Waals surface area (Å²) in [5, 5.41) is 6.77. The molecule has 1 aliphatic rings. The van der Waals surface area contributed by atoms with Gasteiger partial charge >= 0.3 is 0 Å². The molecule has 7 heteroatoms. The second kappa shape index (κ2) is 8.60. The number of thiophene rings is 1. The summed E-state index contributed by atoms with van der Waals surface area (Å²) in [5.74, 6) is 0.0522. The van der Waals surface area contributed by atoms with Crippen LogP contribution >= 0.6 is 27.3 Å². The van der Waals surface area contributed by atoms with Gasteiger partial charge in [-0.2, -0.15) is 11.3 Å². The number of amides is 2. The largest absolute Gasteiger partial charge is 0.351 e. The van der Waals surface area contributed by atoms with Gasteiger partial charge in [-0.15, -0.1) is 0 Å². The highest BCUT2D eigenvalue weighted by Crippen LogP contribution is 2.12. The molecule has 0 unspecified atom stereocenters. The zero-order valence-electron chi connectivity index (χ0n) is 13.8.